The lowest BCUT2D eigenvalue weighted by Crippen LogP contribution is -2.50. The number of rotatable bonds is 5. The normalized spacial score (nSPS) is 17.5. The first-order valence-electron chi connectivity index (χ1n) is 7.58. The summed E-state index contributed by atoms with van der Waals surface area (Å²) in [6, 6.07) is 9.00. The summed E-state index contributed by atoms with van der Waals surface area (Å²) < 4.78 is 0. The second kappa shape index (κ2) is 12.8. The fourth-order valence-corrected chi connectivity index (χ4v) is 2.61. The molecule has 3 N–H and O–H groups in total. The van der Waals surface area contributed by atoms with Gasteiger partial charge in [-0.3, -0.25) is 9.69 Å². The number of halogens is 3. The number of likely N-dealkylation sites (N-methyl/N-ethyl adjacent to an activating group) is 1. The lowest BCUT2D eigenvalue weighted by Gasteiger charge is -2.34. The third-order valence-corrected chi connectivity index (χ3v) is 3.96. The molecule has 140 valence electrons. The Kier molecular flexibility index (Phi) is 13.6. The minimum Gasteiger partial charge on any atom is -0.351 e. The molecule has 1 aromatic carbocycles. The summed E-state index contributed by atoms with van der Waals surface area (Å²) in [5.41, 5.74) is 6.85. The lowest BCUT2D eigenvalue weighted by atomic mass is 10.1. The van der Waals surface area contributed by atoms with Crippen LogP contribution in [-0.4, -0.2) is 61.5 Å². The van der Waals surface area contributed by atoms with Crippen molar-refractivity contribution in [3.05, 3.63) is 35.9 Å². The Bertz CT molecular complexity index is 456. The summed E-state index contributed by atoms with van der Waals surface area (Å²) in [7, 11) is 2.14. The number of nitrogens with two attached hydrogens (primary N) is 1. The highest BCUT2D eigenvalue weighted by atomic mass is 35.5. The second-order valence-electron chi connectivity index (χ2n) is 5.90. The number of nitrogens with one attached hydrogen (secondary N) is 1. The van der Waals surface area contributed by atoms with Gasteiger partial charge in [0.1, 0.15) is 6.04 Å². The summed E-state index contributed by atoms with van der Waals surface area (Å²) >= 11 is 0. The smallest absolute Gasteiger partial charge is 0.241 e. The van der Waals surface area contributed by atoms with Crippen molar-refractivity contribution in [2.24, 2.45) is 5.73 Å². The van der Waals surface area contributed by atoms with Gasteiger partial charge in [0.15, 0.2) is 0 Å². The Balaban J connectivity index is 0. The number of carbonyl (C=O) groups is 1. The Morgan fingerprint density at radius 2 is 1.67 bits per heavy atom. The fourth-order valence-electron chi connectivity index (χ4n) is 2.61. The number of amides is 1. The van der Waals surface area contributed by atoms with E-state index >= 15 is 0 Å². The SMILES string of the molecule is CC(CN1CCN(C)CC1)NC(=O)C(N)c1ccccc1.Cl.Cl.Cl. The van der Waals surface area contributed by atoms with Gasteiger partial charge in [-0.05, 0) is 19.5 Å². The topological polar surface area (TPSA) is 61.6 Å². The predicted molar refractivity (Wildman–Crippen MR) is 107 cm³/mol. The van der Waals surface area contributed by atoms with Crippen molar-refractivity contribution in [2.75, 3.05) is 39.8 Å². The molecular formula is C16H29Cl3N4O. The zero-order valence-electron chi connectivity index (χ0n) is 14.2. The molecule has 1 aliphatic rings. The molecule has 1 aromatic rings. The van der Waals surface area contributed by atoms with Crippen molar-refractivity contribution in [1.82, 2.24) is 15.1 Å². The average Bonchev–Trinajstić information content (AvgIpc) is 2.49. The summed E-state index contributed by atoms with van der Waals surface area (Å²) in [5.74, 6) is -0.108. The molecule has 0 bridgehead atoms. The first-order valence-corrected chi connectivity index (χ1v) is 7.58. The summed E-state index contributed by atoms with van der Waals surface area (Å²) in [5, 5.41) is 3.02. The molecular weight excluding hydrogens is 371 g/mol. The number of benzene rings is 1. The molecule has 1 aliphatic heterocycles. The second-order valence-corrected chi connectivity index (χ2v) is 5.90. The third-order valence-electron chi connectivity index (χ3n) is 3.96. The van der Waals surface area contributed by atoms with E-state index in [1.54, 1.807) is 0 Å². The third kappa shape index (κ3) is 8.01. The molecule has 1 fully saturated rings. The van der Waals surface area contributed by atoms with Gasteiger partial charge >= 0.3 is 0 Å². The molecule has 0 spiro atoms. The first kappa shape index (κ1) is 25.7. The molecule has 0 radical (unpaired) electrons. The number of nitrogens with zero attached hydrogens (tertiary/aromatic N) is 2. The largest absolute Gasteiger partial charge is 0.351 e. The van der Waals surface area contributed by atoms with E-state index < -0.39 is 6.04 Å². The van der Waals surface area contributed by atoms with Crippen LogP contribution >= 0.6 is 37.2 Å². The maximum Gasteiger partial charge on any atom is 0.241 e. The number of hydrogen-bond acceptors (Lipinski definition) is 4. The maximum atomic E-state index is 12.2. The molecule has 5 nitrogen and oxygen atoms in total. The van der Waals surface area contributed by atoms with Gasteiger partial charge in [0, 0.05) is 38.8 Å². The van der Waals surface area contributed by atoms with Gasteiger partial charge in [0.2, 0.25) is 5.91 Å². The number of hydrogen-bond donors (Lipinski definition) is 2. The molecule has 1 heterocycles. The molecule has 1 amide bonds. The Morgan fingerprint density at radius 1 is 1.12 bits per heavy atom. The van der Waals surface area contributed by atoms with E-state index in [4.69, 9.17) is 5.73 Å². The highest BCUT2D eigenvalue weighted by Gasteiger charge is 2.20. The standard InChI is InChI=1S/C16H26N4O.3ClH/c1-13(12-20-10-8-19(2)9-11-20)18-16(21)15(17)14-6-4-3-5-7-14;;;/h3-7,13,15H,8-12,17H2,1-2H3,(H,18,21);3*1H. The van der Waals surface area contributed by atoms with Crippen LogP contribution in [-0.2, 0) is 4.79 Å². The molecule has 24 heavy (non-hydrogen) atoms. The molecule has 2 unspecified atom stereocenters. The van der Waals surface area contributed by atoms with Crippen molar-refractivity contribution in [3.8, 4) is 0 Å². The number of piperazine rings is 1. The van der Waals surface area contributed by atoms with Crippen LogP contribution in [0.4, 0.5) is 0 Å². The number of carbonyl (C=O) groups excluding carboxylic acids is 1. The van der Waals surface area contributed by atoms with E-state index in [1.165, 1.54) is 0 Å². The van der Waals surface area contributed by atoms with Crippen LogP contribution in [0.5, 0.6) is 0 Å². The van der Waals surface area contributed by atoms with Gasteiger partial charge < -0.3 is 16.0 Å². The van der Waals surface area contributed by atoms with Crippen LogP contribution in [0.1, 0.15) is 18.5 Å². The average molecular weight is 400 g/mol. The first-order chi connectivity index (χ1) is 10.1. The van der Waals surface area contributed by atoms with Crippen LogP contribution in [0.25, 0.3) is 0 Å². The minimum absolute atomic E-state index is 0. The van der Waals surface area contributed by atoms with E-state index in [9.17, 15) is 4.79 Å². The van der Waals surface area contributed by atoms with Crippen molar-refractivity contribution >= 4 is 43.1 Å². The van der Waals surface area contributed by atoms with Crippen LogP contribution in [0.2, 0.25) is 0 Å². The summed E-state index contributed by atoms with van der Waals surface area (Å²) in [4.78, 5) is 16.9. The maximum absolute atomic E-state index is 12.2. The Hall–Kier alpha value is -0.560. The highest BCUT2D eigenvalue weighted by molar-refractivity contribution is 5.86. The molecule has 8 heteroatoms. The predicted octanol–water partition coefficient (Wildman–Crippen LogP) is 1.70. The van der Waals surface area contributed by atoms with Crippen molar-refractivity contribution in [2.45, 2.75) is 19.0 Å². The summed E-state index contributed by atoms with van der Waals surface area (Å²) in [6.45, 7) is 7.20. The lowest BCUT2D eigenvalue weighted by molar-refractivity contribution is -0.123. The van der Waals surface area contributed by atoms with Gasteiger partial charge in [-0.25, -0.2) is 0 Å². The summed E-state index contributed by atoms with van der Waals surface area (Å²) in [6.07, 6.45) is 0. The van der Waals surface area contributed by atoms with Crippen LogP contribution in [0.3, 0.4) is 0 Å². The van der Waals surface area contributed by atoms with Crippen molar-refractivity contribution < 1.29 is 4.79 Å². The van der Waals surface area contributed by atoms with Crippen LogP contribution in [0.15, 0.2) is 30.3 Å². The van der Waals surface area contributed by atoms with E-state index in [-0.39, 0.29) is 49.2 Å². The Morgan fingerprint density at radius 3 is 2.21 bits per heavy atom. The van der Waals surface area contributed by atoms with E-state index in [2.05, 4.69) is 22.2 Å². The van der Waals surface area contributed by atoms with Crippen LogP contribution < -0.4 is 11.1 Å². The van der Waals surface area contributed by atoms with Crippen molar-refractivity contribution in [1.29, 1.82) is 0 Å². The highest BCUT2D eigenvalue weighted by Crippen LogP contribution is 2.10. The zero-order valence-corrected chi connectivity index (χ0v) is 16.6. The molecule has 0 saturated carbocycles. The molecule has 1 saturated heterocycles. The van der Waals surface area contributed by atoms with Gasteiger partial charge in [0.05, 0.1) is 0 Å². The monoisotopic (exact) mass is 398 g/mol. The van der Waals surface area contributed by atoms with Gasteiger partial charge in [0.25, 0.3) is 0 Å². The molecule has 2 rings (SSSR count). The van der Waals surface area contributed by atoms with Crippen molar-refractivity contribution in [3.63, 3.8) is 0 Å². The van der Waals surface area contributed by atoms with Gasteiger partial charge in [-0.15, -0.1) is 37.2 Å². The fraction of sp³-hybridized carbons (Fsp3) is 0.562. The Labute approximate surface area is 163 Å². The van der Waals surface area contributed by atoms with Crippen LogP contribution in [0, 0.1) is 0 Å². The van der Waals surface area contributed by atoms with E-state index in [0.717, 1.165) is 38.3 Å². The van der Waals surface area contributed by atoms with E-state index in [1.807, 2.05) is 37.3 Å². The molecule has 0 aliphatic carbocycles. The quantitative estimate of drug-likeness (QED) is 0.791. The molecule has 2 atom stereocenters. The van der Waals surface area contributed by atoms with Gasteiger partial charge in [-0.1, -0.05) is 30.3 Å². The zero-order chi connectivity index (χ0) is 15.2. The van der Waals surface area contributed by atoms with Gasteiger partial charge in [-0.2, -0.15) is 0 Å². The minimum atomic E-state index is -0.596. The van der Waals surface area contributed by atoms with E-state index in [0.29, 0.717) is 0 Å². The molecule has 0 aromatic heterocycles.